The van der Waals surface area contributed by atoms with Crippen LogP contribution in [0, 0.1) is 0 Å². The van der Waals surface area contributed by atoms with Crippen LogP contribution in [0.25, 0.3) is 0 Å². The summed E-state index contributed by atoms with van der Waals surface area (Å²) in [5.74, 6) is 0. The van der Waals surface area contributed by atoms with Gasteiger partial charge < -0.3 is 10.2 Å². The van der Waals surface area contributed by atoms with E-state index in [0.29, 0.717) is 12.6 Å². The third kappa shape index (κ3) is 2.94. The van der Waals surface area contributed by atoms with Crippen molar-refractivity contribution in [3.05, 3.63) is 24.2 Å². The molecule has 0 saturated carbocycles. The highest BCUT2D eigenvalue weighted by Gasteiger charge is 2.29. The van der Waals surface area contributed by atoms with Crippen LogP contribution in [0.2, 0.25) is 0 Å². The van der Waals surface area contributed by atoms with Crippen molar-refractivity contribution in [1.29, 1.82) is 0 Å². The second-order valence-electron chi connectivity index (χ2n) is 6.00. The molecule has 1 aliphatic heterocycles. The van der Waals surface area contributed by atoms with Crippen LogP contribution in [0.1, 0.15) is 32.4 Å². The van der Waals surface area contributed by atoms with Crippen molar-refractivity contribution in [2.24, 2.45) is 5.73 Å². The summed E-state index contributed by atoms with van der Waals surface area (Å²) in [7, 11) is 0. The van der Waals surface area contributed by atoms with E-state index in [1.807, 2.05) is 12.3 Å². The van der Waals surface area contributed by atoms with Crippen LogP contribution in [-0.4, -0.2) is 48.1 Å². The second kappa shape index (κ2) is 5.43. The SMILES string of the molecule is CC(C)(C)N1CCN(C(CN)c2ccoc2)CC1. The number of hydrogen-bond donors (Lipinski definition) is 1. The monoisotopic (exact) mass is 251 g/mol. The maximum atomic E-state index is 5.92. The zero-order chi connectivity index (χ0) is 13.2. The molecule has 0 bridgehead atoms. The number of piperazine rings is 1. The summed E-state index contributed by atoms with van der Waals surface area (Å²) in [4.78, 5) is 5.00. The normalized spacial score (nSPS) is 21.1. The topological polar surface area (TPSA) is 45.6 Å². The second-order valence-corrected chi connectivity index (χ2v) is 6.00. The van der Waals surface area contributed by atoms with Crippen molar-refractivity contribution < 1.29 is 4.42 Å². The Labute approximate surface area is 110 Å². The maximum Gasteiger partial charge on any atom is 0.0950 e. The van der Waals surface area contributed by atoms with Gasteiger partial charge in [0.1, 0.15) is 0 Å². The Morgan fingerprint density at radius 2 is 1.94 bits per heavy atom. The van der Waals surface area contributed by atoms with E-state index in [0.717, 1.165) is 26.2 Å². The molecular formula is C14H25N3O. The summed E-state index contributed by atoms with van der Waals surface area (Å²) < 4.78 is 5.17. The minimum atomic E-state index is 0.264. The van der Waals surface area contributed by atoms with Crippen molar-refractivity contribution in [1.82, 2.24) is 9.80 Å². The van der Waals surface area contributed by atoms with E-state index in [2.05, 4.69) is 30.6 Å². The largest absolute Gasteiger partial charge is 0.472 e. The fourth-order valence-electron chi connectivity index (χ4n) is 2.66. The Kier molecular flexibility index (Phi) is 4.10. The van der Waals surface area contributed by atoms with Gasteiger partial charge in [0.05, 0.1) is 18.6 Å². The molecule has 4 heteroatoms. The molecule has 0 aromatic carbocycles. The first-order valence-electron chi connectivity index (χ1n) is 6.73. The lowest BCUT2D eigenvalue weighted by Crippen LogP contribution is -2.54. The van der Waals surface area contributed by atoms with Crippen molar-refractivity contribution in [3.8, 4) is 0 Å². The van der Waals surface area contributed by atoms with Crippen LogP contribution >= 0.6 is 0 Å². The first-order chi connectivity index (χ1) is 8.52. The standard InChI is InChI=1S/C14H25N3O/c1-14(2,3)17-7-5-16(6-8-17)13(10-15)12-4-9-18-11-12/h4,9,11,13H,5-8,10,15H2,1-3H3. The molecule has 2 heterocycles. The fourth-order valence-corrected chi connectivity index (χ4v) is 2.66. The smallest absolute Gasteiger partial charge is 0.0950 e. The molecule has 0 spiro atoms. The summed E-state index contributed by atoms with van der Waals surface area (Å²) in [6.45, 7) is 11.8. The van der Waals surface area contributed by atoms with Crippen molar-refractivity contribution in [2.75, 3.05) is 32.7 Å². The van der Waals surface area contributed by atoms with Crippen LogP contribution < -0.4 is 5.73 Å². The Morgan fingerprint density at radius 3 is 2.39 bits per heavy atom. The highest BCUT2D eigenvalue weighted by atomic mass is 16.3. The number of rotatable bonds is 3. The molecule has 1 saturated heterocycles. The average Bonchev–Trinajstić information content (AvgIpc) is 2.83. The van der Waals surface area contributed by atoms with E-state index in [1.165, 1.54) is 5.56 Å². The highest BCUT2D eigenvalue weighted by Crippen LogP contribution is 2.23. The number of nitrogens with two attached hydrogens (primary N) is 1. The van der Waals surface area contributed by atoms with Gasteiger partial charge in [0, 0.05) is 43.8 Å². The highest BCUT2D eigenvalue weighted by molar-refractivity contribution is 5.12. The first-order valence-corrected chi connectivity index (χ1v) is 6.73. The predicted octanol–water partition coefficient (Wildman–Crippen LogP) is 1.70. The Bertz CT molecular complexity index is 348. The molecule has 0 radical (unpaired) electrons. The van der Waals surface area contributed by atoms with E-state index in [9.17, 15) is 0 Å². The van der Waals surface area contributed by atoms with Crippen LogP contribution in [0.4, 0.5) is 0 Å². The van der Waals surface area contributed by atoms with E-state index in [1.54, 1.807) is 6.26 Å². The molecule has 1 atom stereocenters. The lowest BCUT2D eigenvalue weighted by molar-refractivity contribution is 0.0432. The van der Waals surface area contributed by atoms with E-state index < -0.39 is 0 Å². The molecule has 0 amide bonds. The molecule has 1 unspecified atom stereocenters. The average molecular weight is 251 g/mol. The molecule has 2 rings (SSSR count). The number of nitrogens with zero attached hydrogens (tertiary/aromatic N) is 2. The number of furan rings is 1. The molecule has 1 fully saturated rings. The van der Waals surface area contributed by atoms with Gasteiger partial charge in [-0.1, -0.05) is 0 Å². The summed E-state index contributed by atoms with van der Waals surface area (Å²) in [6.07, 6.45) is 3.54. The molecule has 1 aromatic heterocycles. The van der Waals surface area contributed by atoms with Gasteiger partial charge in [-0.2, -0.15) is 0 Å². The van der Waals surface area contributed by atoms with Crippen molar-refractivity contribution in [2.45, 2.75) is 32.4 Å². The summed E-state index contributed by atoms with van der Waals surface area (Å²) in [6, 6.07) is 2.32. The third-order valence-electron chi connectivity index (χ3n) is 3.85. The molecule has 102 valence electrons. The summed E-state index contributed by atoms with van der Waals surface area (Å²) >= 11 is 0. The molecule has 0 aliphatic carbocycles. The lowest BCUT2D eigenvalue weighted by atomic mass is 10.0. The zero-order valence-electron chi connectivity index (χ0n) is 11.7. The van der Waals surface area contributed by atoms with Gasteiger partial charge in [0.15, 0.2) is 0 Å². The maximum absolute atomic E-state index is 5.92. The molecule has 2 N–H and O–H groups in total. The van der Waals surface area contributed by atoms with E-state index >= 15 is 0 Å². The van der Waals surface area contributed by atoms with Crippen LogP contribution in [0.5, 0.6) is 0 Å². The van der Waals surface area contributed by atoms with Crippen LogP contribution in [0.3, 0.4) is 0 Å². The quantitative estimate of drug-likeness (QED) is 0.888. The van der Waals surface area contributed by atoms with E-state index in [-0.39, 0.29) is 5.54 Å². The van der Waals surface area contributed by atoms with Gasteiger partial charge in [-0.15, -0.1) is 0 Å². The Morgan fingerprint density at radius 1 is 1.28 bits per heavy atom. The minimum Gasteiger partial charge on any atom is -0.472 e. The zero-order valence-corrected chi connectivity index (χ0v) is 11.7. The molecule has 4 nitrogen and oxygen atoms in total. The van der Waals surface area contributed by atoms with Crippen molar-refractivity contribution >= 4 is 0 Å². The van der Waals surface area contributed by atoms with Gasteiger partial charge >= 0.3 is 0 Å². The summed E-state index contributed by atoms with van der Waals surface area (Å²) in [5, 5.41) is 0. The van der Waals surface area contributed by atoms with Crippen LogP contribution in [-0.2, 0) is 0 Å². The molecule has 1 aromatic rings. The van der Waals surface area contributed by atoms with Crippen molar-refractivity contribution in [3.63, 3.8) is 0 Å². The molecular weight excluding hydrogens is 226 g/mol. The Hall–Kier alpha value is -0.840. The summed E-state index contributed by atoms with van der Waals surface area (Å²) in [5.41, 5.74) is 7.38. The van der Waals surface area contributed by atoms with Gasteiger partial charge in [-0.3, -0.25) is 9.80 Å². The van der Waals surface area contributed by atoms with Gasteiger partial charge in [-0.05, 0) is 26.8 Å². The fraction of sp³-hybridized carbons (Fsp3) is 0.714. The van der Waals surface area contributed by atoms with Gasteiger partial charge in [0.2, 0.25) is 0 Å². The predicted molar refractivity (Wildman–Crippen MR) is 73.4 cm³/mol. The lowest BCUT2D eigenvalue weighted by Gasteiger charge is -2.44. The third-order valence-corrected chi connectivity index (χ3v) is 3.85. The number of hydrogen-bond acceptors (Lipinski definition) is 4. The van der Waals surface area contributed by atoms with Gasteiger partial charge in [0.25, 0.3) is 0 Å². The first kappa shape index (κ1) is 13.6. The Balaban J connectivity index is 1.96. The molecule has 1 aliphatic rings. The van der Waals surface area contributed by atoms with Gasteiger partial charge in [-0.25, -0.2) is 0 Å². The van der Waals surface area contributed by atoms with Crippen LogP contribution in [0.15, 0.2) is 23.0 Å². The minimum absolute atomic E-state index is 0.264. The molecule has 18 heavy (non-hydrogen) atoms. The van der Waals surface area contributed by atoms with E-state index in [4.69, 9.17) is 10.2 Å².